The van der Waals surface area contributed by atoms with Crippen LogP contribution in [0.3, 0.4) is 0 Å². The molecule has 2 N–H and O–H groups in total. The van der Waals surface area contributed by atoms with Gasteiger partial charge < -0.3 is 15.2 Å². The van der Waals surface area contributed by atoms with Gasteiger partial charge in [-0.2, -0.15) is 0 Å². The number of ether oxygens (including phenoxy) is 1. The summed E-state index contributed by atoms with van der Waals surface area (Å²) < 4.78 is 4.87. The van der Waals surface area contributed by atoms with E-state index in [0.29, 0.717) is 6.61 Å². The van der Waals surface area contributed by atoms with Crippen LogP contribution in [0.5, 0.6) is 0 Å². The Labute approximate surface area is 95.5 Å². The van der Waals surface area contributed by atoms with E-state index < -0.39 is 12.1 Å². The minimum Gasteiger partial charge on any atom is -0.478 e. The van der Waals surface area contributed by atoms with Crippen LogP contribution >= 0.6 is 0 Å². The molecular formula is C11H19NO4. The Bertz CT molecular complexity index is 273. The molecule has 0 saturated heterocycles. The Balaban J connectivity index is 3.95. The maximum atomic E-state index is 11.2. The van der Waals surface area contributed by atoms with Crippen molar-refractivity contribution >= 4 is 12.1 Å². The van der Waals surface area contributed by atoms with Crippen molar-refractivity contribution in [3.05, 3.63) is 11.6 Å². The SMILES string of the molecule is CCCCOC(=O)NC(C)C=C(C)C(=O)O. The molecule has 1 atom stereocenters. The lowest BCUT2D eigenvalue weighted by Gasteiger charge is -2.10. The first kappa shape index (κ1) is 14.5. The van der Waals surface area contributed by atoms with Gasteiger partial charge in [-0.15, -0.1) is 0 Å². The van der Waals surface area contributed by atoms with Gasteiger partial charge in [0.2, 0.25) is 0 Å². The molecule has 0 aliphatic rings. The Morgan fingerprint density at radius 1 is 1.50 bits per heavy atom. The molecule has 5 nitrogen and oxygen atoms in total. The molecule has 0 aromatic rings. The van der Waals surface area contributed by atoms with E-state index in [2.05, 4.69) is 5.32 Å². The minimum atomic E-state index is -0.993. The van der Waals surface area contributed by atoms with E-state index >= 15 is 0 Å². The molecule has 0 fully saturated rings. The molecule has 0 heterocycles. The van der Waals surface area contributed by atoms with Gasteiger partial charge in [0.15, 0.2) is 0 Å². The van der Waals surface area contributed by atoms with Crippen LogP contribution < -0.4 is 5.32 Å². The van der Waals surface area contributed by atoms with Gasteiger partial charge in [0.05, 0.1) is 6.61 Å². The average Bonchev–Trinajstić information content (AvgIpc) is 2.17. The highest BCUT2D eigenvalue weighted by Crippen LogP contribution is 1.97. The van der Waals surface area contributed by atoms with Crippen molar-refractivity contribution in [2.75, 3.05) is 6.61 Å². The molecule has 1 unspecified atom stereocenters. The molecular weight excluding hydrogens is 210 g/mol. The maximum Gasteiger partial charge on any atom is 0.407 e. The third kappa shape index (κ3) is 6.86. The van der Waals surface area contributed by atoms with Gasteiger partial charge in [-0.3, -0.25) is 0 Å². The standard InChI is InChI=1S/C11H19NO4/c1-4-5-6-16-11(15)12-9(3)7-8(2)10(13)14/h7,9H,4-6H2,1-3H3,(H,12,15)(H,13,14). The topological polar surface area (TPSA) is 75.6 Å². The highest BCUT2D eigenvalue weighted by Gasteiger charge is 2.08. The lowest BCUT2D eigenvalue weighted by atomic mass is 10.2. The zero-order chi connectivity index (χ0) is 12.6. The Morgan fingerprint density at radius 3 is 2.62 bits per heavy atom. The van der Waals surface area contributed by atoms with Gasteiger partial charge >= 0.3 is 12.1 Å². The minimum absolute atomic E-state index is 0.196. The van der Waals surface area contributed by atoms with E-state index in [-0.39, 0.29) is 11.6 Å². The van der Waals surface area contributed by atoms with Crippen molar-refractivity contribution in [1.29, 1.82) is 0 Å². The number of unbranched alkanes of at least 4 members (excludes halogenated alkanes) is 1. The number of amides is 1. The third-order valence-corrected chi connectivity index (χ3v) is 1.91. The molecule has 5 heteroatoms. The molecule has 0 aliphatic carbocycles. The van der Waals surface area contributed by atoms with Crippen LogP contribution in [0, 0.1) is 0 Å². The molecule has 0 bridgehead atoms. The molecule has 0 aliphatic heterocycles. The summed E-state index contributed by atoms with van der Waals surface area (Å²) in [5, 5.41) is 11.1. The van der Waals surface area contributed by atoms with E-state index in [9.17, 15) is 9.59 Å². The molecule has 16 heavy (non-hydrogen) atoms. The number of nitrogens with one attached hydrogen (secondary N) is 1. The van der Waals surface area contributed by atoms with Gasteiger partial charge in [0.25, 0.3) is 0 Å². The first-order valence-electron chi connectivity index (χ1n) is 5.32. The van der Waals surface area contributed by atoms with E-state index in [4.69, 9.17) is 9.84 Å². The van der Waals surface area contributed by atoms with Crippen molar-refractivity contribution in [3.63, 3.8) is 0 Å². The smallest absolute Gasteiger partial charge is 0.407 e. The number of carbonyl (C=O) groups is 2. The largest absolute Gasteiger partial charge is 0.478 e. The van der Waals surface area contributed by atoms with Crippen molar-refractivity contribution < 1.29 is 19.4 Å². The first-order chi connectivity index (χ1) is 7.47. The highest BCUT2D eigenvalue weighted by atomic mass is 16.5. The molecule has 0 spiro atoms. The zero-order valence-corrected chi connectivity index (χ0v) is 9.95. The summed E-state index contributed by atoms with van der Waals surface area (Å²) >= 11 is 0. The van der Waals surface area contributed by atoms with Gasteiger partial charge in [-0.1, -0.05) is 19.4 Å². The van der Waals surface area contributed by atoms with Gasteiger partial charge in [-0.05, 0) is 20.3 Å². The number of carboxylic acid groups (broad SMARTS) is 1. The molecule has 0 aromatic heterocycles. The molecule has 1 amide bonds. The molecule has 0 rings (SSSR count). The van der Waals surface area contributed by atoms with Crippen molar-refractivity contribution in [3.8, 4) is 0 Å². The fourth-order valence-electron chi connectivity index (χ4n) is 1.02. The zero-order valence-electron chi connectivity index (χ0n) is 9.95. The van der Waals surface area contributed by atoms with Crippen LogP contribution in [0.2, 0.25) is 0 Å². The summed E-state index contributed by atoms with van der Waals surface area (Å²) in [7, 11) is 0. The predicted octanol–water partition coefficient (Wildman–Crippen LogP) is 1.93. The Hall–Kier alpha value is -1.52. The monoisotopic (exact) mass is 229 g/mol. The molecule has 0 saturated carbocycles. The van der Waals surface area contributed by atoms with Crippen LogP contribution in [0.15, 0.2) is 11.6 Å². The molecule has 92 valence electrons. The fraction of sp³-hybridized carbons (Fsp3) is 0.636. The van der Waals surface area contributed by atoms with E-state index in [1.807, 2.05) is 6.92 Å². The van der Waals surface area contributed by atoms with E-state index in [0.717, 1.165) is 12.8 Å². The Morgan fingerprint density at radius 2 is 2.12 bits per heavy atom. The summed E-state index contributed by atoms with van der Waals surface area (Å²) in [5.74, 6) is -0.993. The quantitative estimate of drug-likeness (QED) is 0.539. The fourth-order valence-corrected chi connectivity index (χ4v) is 1.02. The second-order valence-corrected chi connectivity index (χ2v) is 3.58. The number of carboxylic acids is 1. The van der Waals surface area contributed by atoms with Crippen molar-refractivity contribution in [2.24, 2.45) is 0 Å². The van der Waals surface area contributed by atoms with E-state index in [1.165, 1.54) is 13.0 Å². The van der Waals surface area contributed by atoms with Crippen LogP contribution in [-0.2, 0) is 9.53 Å². The van der Waals surface area contributed by atoms with Gasteiger partial charge in [0, 0.05) is 11.6 Å². The van der Waals surface area contributed by atoms with Crippen molar-refractivity contribution in [2.45, 2.75) is 39.7 Å². The average molecular weight is 229 g/mol. The number of carbonyl (C=O) groups excluding carboxylic acids is 1. The lowest BCUT2D eigenvalue weighted by Crippen LogP contribution is -2.32. The highest BCUT2D eigenvalue weighted by molar-refractivity contribution is 5.86. The summed E-state index contributed by atoms with van der Waals surface area (Å²) in [4.78, 5) is 21.7. The van der Waals surface area contributed by atoms with Crippen LogP contribution in [0.25, 0.3) is 0 Å². The van der Waals surface area contributed by atoms with Crippen molar-refractivity contribution in [1.82, 2.24) is 5.32 Å². The normalized spacial score (nSPS) is 13.1. The number of alkyl carbamates (subject to hydrolysis) is 1. The number of aliphatic carboxylic acids is 1. The van der Waals surface area contributed by atoms with Crippen LogP contribution in [-0.4, -0.2) is 29.8 Å². The predicted molar refractivity (Wildman–Crippen MR) is 60.2 cm³/mol. The number of rotatable bonds is 6. The van der Waals surface area contributed by atoms with Gasteiger partial charge in [-0.25, -0.2) is 9.59 Å². The summed E-state index contributed by atoms with van der Waals surface area (Å²) in [6.45, 7) is 5.55. The summed E-state index contributed by atoms with van der Waals surface area (Å²) in [6.07, 6.45) is 2.73. The second kappa shape index (κ2) is 7.73. The molecule has 0 aromatic carbocycles. The van der Waals surface area contributed by atoms with Crippen LogP contribution in [0.4, 0.5) is 4.79 Å². The third-order valence-electron chi connectivity index (χ3n) is 1.91. The second-order valence-electron chi connectivity index (χ2n) is 3.58. The lowest BCUT2D eigenvalue weighted by molar-refractivity contribution is -0.132. The van der Waals surface area contributed by atoms with Gasteiger partial charge in [0.1, 0.15) is 0 Å². The number of hydrogen-bond acceptors (Lipinski definition) is 3. The Kier molecular flexibility index (Phi) is 7.00. The summed E-state index contributed by atoms with van der Waals surface area (Å²) in [6, 6.07) is -0.356. The molecule has 0 radical (unpaired) electrons. The van der Waals surface area contributed by atoms with E-state index in [1.54, 1.807) is 6.92 Å². The first-order valence-corrected chi connectivity index (χ1v) is 5.32. The maximum absolute atomic E-state index is 11.2. The number of hydrogen-bond donors (Lipinski definition) is 2. The van der Waals surface area contributed by atoms with Crippen LogP contribution in [0.1, 0.15) is 33.6 Å². The summed E-state index contributed by atoms with van der Waals surface area (Å²) in [5.41, 5.74) is 0.196.